The van der Waals surface area contributed by atoms with Crippen LogP contribution >= 0.6 is 0 Å². The van der Waals surface area contributed by atoms with Crippen molar-refractivity contribution in [1.82, 2.24) is 15.5 Å². The van der Waals surface area contributed by atoms with Gasteiger partial charge in [0.15, 0.2) is 0 Å². The van der Waals surface area contributed by atoms with E-state index < -0.39 is 0 Å². The highest BCUT2D eigenvalue weighted by Crippen LogP contribution is 2.23. The zero-order valence-electron chi connectivity index (χ0n) is 9.40. The molecule has 0 aliphatic carbocycles. The number of rotatable bonds is 4. The van der Waals surface area contributed by atoms with E-state index in [1.807, 2.05) is 13.0 Å². The third-order valence-corrected chi connectivity index (χ3v) is 2.96. The molecule has 5 nitrogen and oxygen atoms in total. The average molecular weight is 223 g/mol. The Morgan fingerprint density at radius 1 is 1.75 bits per heavy atom. The van der Waals surface area contributed by atoms with Crippen LogP contribution in [0.25, 0.3) is 0 Å². The molecule has 1 aromatic rings. The van der Waals surface area contributed by atoms with Crippen molar-refractivity contribution < 1.29 is 9.53 Å². The highest BCUT2D eigenvalue weighted by atomic mass is 16.5. The van der Waals surface area contributed by atoms with Gasteiger partial charge >= 0.3 is 0 Å². The molecule has 0 radical (unpaired) electrons. The maximum atomic E-state index is 11.9. The second kappa shape index (κ2) is 5.12. The highest BCUT2D eigenvalue weighted by molar-refractivity contribution is 5.79. The zero-order chi connectivity index (χ0) is 11.4. The maximum absolute atomic E-state index is 11.9. The average Bonchev–Trinajstić information content (AvgIpc) is 2.96. The van der Waals surface area contributed by atoms with Gasteiger partial charge in [-0.05, 0) is 18.9 Å². The molecule has 2 N–H and O–H groups in total. The molecule has 1 aliphatic rings. The number of hydrogen-bond acceptors (Lipinski definition) is 3. The molecule has 2 rings (SSSR count). The van der Waals surface area contributed by atoms with Crippen molar-refractivity contribution in [2.24, 2.45) is 5.92 Å². The van der Waals surface area contributed by atoms with Crippen LogP contribution in [0.3, 0.4) is 0 Å². The van der Waals surface area contributed by atoms with Crippen LogP contribution in [-0.2, 0) is 16.1 Å². The fourth-order valence-electron chi connectivity index (χ4n) is 2.05. The predicted octanol–water partition coefficient (Wildman–Crippen LogP) is 0.841. The molecule has 0 saturated carbocycles. The number of hydrogen-bond donors (Lipinski definition) is 2. The van der Waals surface area contributed by atoms with Crippen molar-refractivity contribution >= 4 is 5.91 Å². The van der Waals surface area contributed by atoms with E-state index in [9.17, 15) is 4.79 Å². The first-order valence-corrected chi connectivity index (χ1v) is 5.69. The predicted molar refractivity (Wildman–Crippen MR) is 58.6 cm³/mol. The molecule has 2 heterocycles. The quantitative estimate of drug-likeness (QED) is 0.795. The second-order valence-electron chi connectivity index (χ2n) is 4.01. The van der Waals surface area contributed by atoms with Gasteiger partial charge in [-0.1, -0.05) is 6.92 Å². The number of carbonyl (C=O) groups excluding carboxylic acids is 1. The second-order valence-corrected chi connectivity index (χ2v) is 4.01. The number of aromatic nitrogens is 2. The summed E-state index contributed by atoms with van der Waals surface area (Å²) in [5.41, 5.74) is 0.917. The molecule has 1 aromatic heterocycles. The van der Waals surface area contributed by atoms with E-state index in [0.717, 1.165) is 18.5 Å². The van der Waals surface area contributed by atoms with E-state index >= 15 is 0 Å². The first-order valence-electron chi connectivity index (χ1n) is 5.69. The standard InChI is InChI=1S/C11H17N3O2/c1-2-10-9(4-6-16-10)11(15)12-7-8-3-5-13-14-8/h3,5,9-10H,2,4,6-7H2,1H3,(H,12,15)(H,13,14). The SMILES string of the molecule is CCC1OCCC1C(=O)NCc1ccn[nH]1. The first-order chi connectivity index (χ1) is 7.81. The summed E-state index contributed by atoms with van der Waals surface area (Å²) in [5.74, 6) is 0.0897. The number of amides is 1. The monoisotopic (exact) mass is 223 g/mol. The Balaban J connectivity index is 1.83. The Kier molecular flexibility index (Phi) is 3.56. The van der Waals surface area contributed by atoms with Crippen molar-refractivity contribution in [2.45, 2.75) is 32.4 Å². The number of carbonyl (C=O) groups is 1. The van der Waals surface area contributed by atoms with Gasteiger partial charge in [0.25, 0.3) is 0 Å². The molecule has 1 amide bonds. The Morgan fingerprint density at radius 2 is 2.62 bits per heavy atom. The van der Waals surface area contributed by atoms with Gasteiger partial charge < -0.3 is 10.1 Å². The van der Waals surface area contributed by atoms with Crippen LogP contribution in [0.4, 0.5) is 0 Å². The minimum absolute atomic E-state index is 0.00733. The van der Waals surface area contributed by atoms with Gasteiger partial charge in [-0.3, -0.25) is 9.89 Å². The van der Waals surface area contributed by atoms with Crippen molar-refractivity contribution in [2.75, 3.05) is 6.61 Å². The highest BCUT2D eigenvalue weighted by Gasteiger charge is 2.32. The van der Waals surface area contributed by atoms with Crippen LogP contribution in [0.1, 0.15) is 25.5 Å². The molecular formula is C11H17N3O2. The summed E-state index contributed by atoms with van der Waals surface area (Å²) in [6.07, 6.45) is 3.48. The molecule has 16 heavy (non-hydrogen) atoms. The Bertz CT molecular complexity index is 337. The van der Waals surface area contributed by atoms with E-state index in [4.69, 9.17) is 4.74 Å². The topological polar surface area (TPSA) is 67.0 Å². The molecule has 0 bridgehead atoms. The van der Waals surface area contributed by atoms with Gasteiger partial charge in [-0.15, -0.1) is 0 Å². The van der Waals surface area contributed by atoms with Crippen LogP contribution in [-0.4, -0.2) is 28.8 Å². The number of ether oxygens (including phenoxy) is 1. The Morgan fingerprint density at radius 3 is 3.31 bits per heavy atom. The van der Waals surface area contributed by atoms with E-state index in [1.54, 1.807) is 6.20 Å². The summed E-state index contributed by atoms with van der Waals surface area (Å²) in [6, 6.07) is 1.85. The summed E-state index contributed by atoms with van der Waals surface area (Å²) < 4.78 is 5.49. The molecule has 5 heteroatoms. The lowest BCUT2D eigenvalue weighted by Crippen LogP contribution is -2.34. The summed E-state index contributed by atoms with van der Waals surface area (Å²) in [6.45, 7) is 3.25. The Hall–Kier alpha value is -1.36. The minimum Gasteiger partial charge on any atom is -0.377 e. The number of H-pyrrole nitrogens is 1. The van der Waals surface area contributed by atoms with Gasteiger partial charge in [0.2, 0.25) is 5.91 Å². The van der Waals surface area contributed by atoms with Crippen molar-refractivity contribution in [3.05, 3.63) is 18.0 Å². The molecular weight excluding hydrogens is 206 g/mol. The molecule has 1 fully saturated rings. The molecule has 2 unspecified atom stereocenters. The Labute approximate surface area is 94.6 Å². The van der Waals surface area contributed by atoms with E-state index in [1.165, 1.54) is 0 Å². The van der Waals surface area contributed by atoms with Crippen molar-refractivity contribution in [3.63, 3.8) is 0 Å². The molecule has 1 saturated heterocycles. The van der Waals surface area contributed by atoms with Crippen LogP contribution < -0.4 is 5.32 Å². The number of aromatic amines is 1. The van der Waals surface area contributed by atoms with E-state index in [-0.39, 0.29) is 17.9 Å². The van der Waals surface area contributed by atoms with E-state index in [0.29, 0.717) is 13.2 Å². The van der Waals surface area contributed by atoms with Crippen LogP contribution in [0.5, 0.6) is 0 Å². The van der Waals surface area contributed by atoms with Crippen LogP contribution in [0.2, 0.25) is 0 Å². The molecule has 0 aromatic carbocycles. The van der Waals surface area contributed by atoms with Crippen molar-refractivity contribution in [3.8, 4) is 0 Å². The third-order valence-electron chi connectivity index (χ3n) is 2.96. The summed E-state index contributed by atoms with van der Waals surface area (Å²) >= 11 is 0. The van der Waals surface area contributed by atoms with Gasteiger partial charge in [-0.2, -0.15) is 5.10 Å². The fourth-order valence-corrected chi connectivity index (χ4v) is 2.05. The molecule has 88 valence electrons. The maximum Gasteiger partial charge on any atom is 0.226 e. The molecule has 2 atom stereocenters. The normalized spacial score (nSPS) is 24.6. The summed E-state index contributed by atoms with van der Waals surface area (Å²) in [5, 5.41) is 9.54. The lowest BCUT2D eigenvalue weighted by atomic mass is 9.99. The number of nitrogens with one attached hydrogen (secondary N) is 2. The van der Waals surface area contributed by atoms with Gasteiger partial charge in [0.05, 0.1) is 24.3 Å². The largest absolute Gasteiger partial charge is 0.377 e. The van der Waals surface area contributed by atoms with Gasteiger partial charge in [0.1, 0.15) is 0 Å². The van der Waals surface area contributed by atoms with Gasteiger partial charge in [0, 0.05) is 12.8 Å². The van der Waals surface area contributed by atoms with Crippen molar-refractivity contribution in [1.29, 1.82) is 0 Å². The first kappa shape index (κ1) is 11.1. The van der Waals surface area contributed by atoms with E-state index in [2.05, 4.69) is 15.5 Å². The molecule has 1 aliphatic heterocycles. The van der Waals surface area contributed by atoms with Crippen LogP contribution in [0, 0.1) is 5.92 Å². The molecule has 0 spiro atoms. The van der Waals surface area contributed by atoms with Gasteiger partial charge in [-0.25, -0.2) is 0 Å². The lowest BCUT2D eigenvalue weighted by Gasteiger charge is -2.15. The lowest BCUT2D eigenvalue weighted by molar-refractivity contribution is -0.126. The van der Waals surface area contributed by atoms with Crippen LogP contribution in [0.15, 0.2) is 12.3 Å². The third kappa shape index (κ3) is 2.41. The zero-order valence-corrected chi connectivity index (χ0v) is 9.40. The smallest absolute Gasteiger partial charge is 0.226 e. The fraction of sp³-hybridized carbons (Fsp3) is 0.636. The number of nitrogens with zero attached hydrogens (tertiary/aromatic N) is 1. The summed E-state index contributed by atoms with van der Waals surface area (Å²) in [4.78, 5) is 11.9. The minimum atomic E-state index is 0.00733. The summed E-state index contributed by atoms with van der Waals surface area (Å²) in [7, 11) is 0.